The Morgan fingerprint density at radius 2 is 1.96 bits per heavy atom. The first-order chi connectivity index (χ1) is 11.8. The van der Waals surface area contributed by atoms with Gasteiger partial charge in [0.2, 0.25) is 5.91 Å². The third kappa shape index (κ3) is 4.17. The van der Waals surface area contributed by atoms with Gasteiger partial charge in [-0.1, -0.05) is 12.1 Å². The highest BCUT2D eigenvalue weighted by Crippen LogP contribution is 2.27. The van der Waals surface area contributed by atoms with Gasteiger partial charge in [-0.2, -0.15) is 0 Å². The molecule has 0 saturated heterocycles. The molecule has 7 heteroatoms. The first kappa shape index (κ1) is 18.5. The number of hydrogen-bond acceptors (Lipinski definition) is 4. The van der Waals surface area contributed by atoms with E-state index in [1.54, 1.807) is 41.4 Å². The molecule has 1 atom stereocenters. The second-order valence-corrected chi connectivity index (χ2v) is 6.09. The van der Waals surface area contributed by atoms with Crippen LogP contribution in [-0.4, -0.2) is 61.0 Å². The van der Waals surface area contributed by atoms with Crippen molar-refractivity contribution < 1.29 is 14.3 Å². The van der Waals surface area contributed by atoms with E-state index in [2.05, 4.69) is 10.3 Å². The van der Waals surface area contributed by atoms with E-state index in [0.717, 1.165) is 16.5 Å². The Labute approximate surface area is 147 Å². The predicted octanol–water partition coefficient (Wildman–Crippen LogP) is 1.86. The van der Waals surface area contributed by atoms with Crippen molar-refractivity contribution in [3.05, 3.63) is 36.0 Å². The summed E-state index contributed by atoms with van der Waals surface area (Å²) >= 11 is 0. The number of likely N-dealkylation sites (N-methyl/N-ethyl adjacent to an activating group) is 1. The molecule has 0 bridgehead atoms. The van der Waals surface area contributed by atoms with E-state index in [-0.39, 0.29) is 11.9 Å². The van der Waals surface area contributed by atoms with Crippen LogP contribution in [0.3, 0.4) is 0 Å². The van der Waals surface area contributed by atoms with Crippen molar-refractivity contribution in [3.63, 3.8) is 0 Å². The van der Waals surface area contributed by atoms with Crippen molar-refractivity contribution >= 4 is 22.8 Å². The monoisotopic (exact) mass is 344 g/mol. The Morgan fingerprint density at radius 1 is 1.24 bits per heavy atom. The lowest BCUT2D eigenvalue weighted by atomic mass is 10.1. The largest absolute Gasteiger partial charge is 0.494 e. The fourth-order valence-electron chi connectivity index (χ4n) is 2.58. The van der Waals surface area contributed by atoms with Crippen molar-refractivity contribution in [3.8, 4) is 5.75 Å². The van der Waals surface area contributed by atoms with Gasteiger partial charge in [-0.05, 0) is 24.6 Å². The van der Waals surface area contributed by atoms with Crippen LogP contribution in [0.5, 0.6) is 5.75 Å². The molecular formula is C18H24N4O3. The molecule has 0 spiro atoms. The van der Waals surface area contributed by atoms with Crippen LogP contribution in [-0.2, 0) is 11.3 Å². The Morgan fingerprint density at radius 3 is 2.60 bits per heavy atom. The third-order valence-corrected chi connectivity index (χ3v) is 3.95. The van der Waals surface area contributed by atoms with Gasteiger partial charge in [0, 0.05) is 39.3 Å². The standard InChI is InChI=1S/C18H24N4O3/c1-12(17(23)21(2)3)20-18(24)22(4)11-13-8-9-15(25-5)16-14(13)7-6-10-19-16/h6-10,12H,11H2,1-5H3,(H,20,24)/t12-/m1/s1. The van der Waals surface area contributed by atoms with E-state index in [9.17, 15) is 9.59 Å². The average molecular weight is 344 g/mol. The van der Waals surface area contributed by atoms with Crippen LogP contribution in [0.1, 0.15) is 12.5 Å². The quantitative estimate of drug-likeness (QED) is 0.898. The lowest BCUT2D eigenvalue weighted by Gasteiger charge is -2.23. The van der Waals surface area contributed by atoms with Crippen molar-refractivity contribution in [2.45, 2.75) is 19.5 Å². The topological polar surface area (TPSA) is 74.8 Å². The highest BCUT2D eigenvalue weighted by Gasteiger charge is 2.20. The normalized spacial score (nSPS) is 11.7. The highest BCUT2D eigenvalue weighted by molar-refractivity contribution is 5.88. The zero-order valence-electron chi connectivity index (χ0n) is 15.2. The smallest absolute Gasteiger partial charge is 0.318 e. The summed E-state index contributed by atoms with van der Waals surface area (Å²) in [4.78, 5) is 31.6. The SMILES string of the molecule is COc1ccc(CN(C)C(=O)N[C@H](C)C(=O)N(C)C)c2cccnc12. The van der Waals surface area contributed by atoms with Crippen LogP contribution in [0.15, 0.2) is 30.5 Å². The molecule has 2 rings (SSSR count). The van der Waals surface area contributed by atoms with E-state index in [0.29, 0.717) is 12.3 Å². The predicted molar refractivity (Wildman–Crippen MR) is 96.4 cm³/mol. The second kappa shape index (κ2) is 7.83. The number of benzene rings is 1. The number of urea groups is 1. The third-order valence-electron chi connectivity index (χ3n) is 3.95. The lowest BCUT2D eigenvalue weighted by molar-refractivity contribution is -0.130. The number of nitrogens with zero attached hydrogens (tertiary/aromatic N) is 3. The minimum atomic E-state index is -0.584. The maximum absolute atomic E-state index is 12.3. The van der Waals surface area contributed by atoms with Crippen molar-refractivity contribution in [2.24, 2.45) is 0 Å². The molecule has 2 aromatic rings. The first-order valence-corrected chi connectivity index (χ1v) is 7.98. The number of methoxy groups -OCH3 is 1. The maximum Gasteiger partial charge on any atom is 0.318 e. The molecule has 0 aliphatic rings. The number of nitrogens with one attached hydrogen (secondary N) is 1. The van der Waals surface area contributed by atoms with Crippen LogP contribution in [0.25, 0.3) is 10.9 Å². The first-order valence-electron chi connectivity index (χ1n) is 7.98. The average Bonchev–Trinajstić information content (AvgIpc) is 2.60. The molecule has 7 nitrogen and oxygen atoms in total. The van der Waals surface area contributed by atoms with Gasteiger partial charge in [-0.3, -0.25) is 9.78 Å². The molecule has 1 aromatic carbocycles. The van der Waals surface area contributed by atoms with Crippen LogP contribution in [0.4, 0.5) is 4.79 Å². The molecule has 0 aliphatic heterocycles. The number of ether oxygens (including phenoxy) is 1. The number of aromatic nitrogens is 1. The summed E-state index contributed by atoms with van der Waals surface area (Å²) < 4.78 is 5.34. The zero-order valence-corrected chi connectivity index (χ0v) is 15.2. The fraction of sp³-hybridized carbons (Fsp3) is 0.389. The summed E-state index contributed by atoms with van der Waals surface area (Å²) in [6.07, 6.45) is 1.71. The summed E-state index contributed by atoms with van der Waals surface area (Å²) in [6.45, 7) is 2.06. The molecule has 1 heterocycles. The molecule has 0 aliphatic carbocycles. The zero-order chi connectivity index (χ0) is 18.6. The lowest BCUT2D eigenvalue weighted by Crippen LogP contribution is -2.48. The highest BCUT2D eigenvalue weighted by atomic mass is 16.5. The number of fused-ring (bicyclic) bond motifs is 1. The number of pyridine rings is 1. The summed E-state index contributed by atoms with van der Waals surface area (Å²) in [5, 5.41) is 3.64. The number of amides is 3. The van der Waals surface area contributed by atoms with E-state index in [1.807, 2.05) is 24.3 Å². The van der Waals surface area contributed by atoms with E-state index in [1.165, 1.54) is 9.80 Å². The molecule has 0 fully saturated rings. The minimum Gasteiger partial charge on any atom is -0.494 e. The van der Waals surface area contributed by atoms with Gasteiger partial charge in [0.25, 0.3) is 0 Å². The van der Waals surface area contributed by atoms with Crippen molar-refractivity contribution in [2.75, 3.05) is 28.3 Å². The minimum absolute atomic E-state index is 0.152. The van der Waals surface area contributed by atoms with E-state index < -0.39 is 6.04 Å². The molecule has 0 radical (unpaired) electrons. The van der Waals surface area contributed by atoms with Crippen LogP contribution in [0, 0.1) is 0 Å². The van der Waals surface area contributed by atoms with E-state index in [4.69, 9.17) is 4.74 Å². The summed E-state index contributed by atoms with van der Waals surface area (Å²) in [7, 11) is 6.61. The fourth-order valence-corrected chi connectivity index (χ4v) is 2.58. The van der Waals surface area contributed by atoms with Crippen molar-refractivity contribution in [1.29, 1.82) is 0 Å². The summed E-state index contributed by atoms with van der Waals surface area (Å²) in [5.41, 5.74) is 1.71. The van der Waals surface area contributed by atoms with Gasteiger partial charge in [0.15, 0.2) is 0 Å². The molecule has 1 N–H and O–H groups in total. The maximum atomic E-state index is 12.3. The van der Waals surface area contributed by atoms with Crippen LogP contribution in [0.2, 0.25) is 0 Å². The van der Waals surface area contributed by atoms with Gasteiger partial charge in [0.05, 0.1) is 7.11 Å². The van der Waals surface area contributed by atoms with Gasteiger partial charge in [-0.25, -0.2) is 4.79 Å². The van der Waals surface area contributed by atoms with Gasteiger partial charge in [0.1, 0.15) is 17.3 Å². The van der Waals surface area contributed by atoms with E-state index >= 15 is 0 Å². The molecule has 1 aromatic heterocycles. The molecule has 25 heavy (non-hydrogen) atoms. The Hall–Kier alpha value is -2.83. The number of carbonyl (C=O) groups is 2. The van der Waals surface area contributed by atoms with Gasteiger partial charge in [-0.15, -0.1) is 0 Å². The summed E-state index contributed by atoms with van der Waals surface area (Å²) in [5.74, 6) is 0.539. The molecule has 3 amide bonds. The van der Waals surface area contributed by atoms with Crippen LogP contribution < -0.4 is 10.1 Å². The van der Waals surface area contributed by atoms with Crippen molar-refractivity contribution in [1.82, 2.24) is 20.1 Å². The molecule has 0 unspecified atom stereocenters. The van der Waals surface area contributed by atoms with Gasteiger partial charge >= 0.3 is 6.03 Å². The number of hydrogen-bond donors (Lipinski definition) is 1. The number of rotatable bonds is 5. The number of carbonyl (C=O) groups excluding carboxylic acids is 2. The second-order valence-electron chi connectivity index (χ2n) is 6.09. The Bertz CT molecular complexity index is 776. The summed E-state index contributed by atoms with van der Waals surface area (Å²) in [6, 6.07) is 6.66. The van der Waals surface area contributed by atoms with Crippen LogP contribution >= 0.6 is 0 Å². The molecular weight excluding hydrogens is 320 g/mol. The Kier molecular flexibility index (Phi) is 5.80. The molecule has 0 saturated carbocycles. The van der Waals surface area contributed by atoms with Gasteiger partial charge < -0.3 is 19.9 Å². The molecule has 134 valence electrons. The Balaban J connectivity index is 2.15.